The van der Waals surface area contributed by atoms with Gasteiger partial charge in [0, 0.05) is 96.0 Å². The Morgan fingerprint density at radius 1 is 0.642 bits per heavy atom. The van der Waals surface area contributed by atoms with Crippen LogP contribution in [-0.4, -0.2) is 29.9 Å². The Bertz CT molecular complexity index is 2860. The lowest BCUT2D eigenvalue weighted by Crippen LogP contribution is -2.41. The molecule has 10 aromatic rings. The normalized spacial score (nSPS) is 17.9. The third kappa shape index (κ3) is 4.51. The largest absolute Gasteiger partial charge is 0.460 e. The number of benzene rings is 3. The molecule has 11 rings (SSSR count). The predicted octanol–water partition coefficient (Wildman–Crippen LogP) is 11.3. The number of hydrogen-bond donors (Lipinski definition) is 4. The van der Waals surface area contributed by atoms with Gasteiger partial charge in [0.15, 0.2) is 0 Å². The van der Waals surface area contributed by atoms with Crippen LogP contribution >= 0.6 is 22.7 Å². The Morgan fingerprint density at radius 2 is 1.43 bits per heavy atom. The molecule has 0 spiro atoms. The minimum Gasteiger partial charge on any atom is -0.460 e. The maximum Gasteiger partial charge on any atom is 0.134 e. The van der Waals surface area contributed by atoms with Crippen molar-refractivity contribution < 1.29 is 4.42 Å². The Hall–Kier alpha value is -6.42. The Morgan fingerprint density at radius 3 is 2.17 bits per heavy atom. The molecule has 254 valence electrons. The molecule has 1 aliphatic rings. The minimum absolute atomic E-state index is 0.418. The van der Waals surface area contributed by atoms with E-state index in [2.05, 4.69) is 128 Å². The molecule has 1 aliphatic carbocycles. The first-order valence-electron chi connectivity index (χ1n) is 17.5. The zero-order chi connectivity index (χ0) is 34.9. The number of hydrogen-bond acceptors (Lipinski definition) is 5. The van der Waals surface area contributed by atoms with Crippen molar-refractivity contribution in [2.45, 2.75) is 11.3 Å². The first kappa shape index (κ1) is 30.2. The summed E-state index contributed by atoms with van der Waals surface area (Å²) in [6.07, 6.45) is 9.70. The number of aromatic amines is 4. The summed E-state index contributed by atoms with van der Waals surface area (Å²) in [4.78, 5) is 26.3. The van der Waals surface area contributed by atoms with Crippen LogP contribution in [0.4, 0.5) is 0 Å². The summed E-state index contributed by atoms with van der Waals surface area (Å²) >= 11 is 3.44. The third-order valence-corrected chi connectivity index (χ3v) is 12.5. The first-order valence-corrected chi connectivity index (χ1v) is 19.2. The summed E-state index contributed by atoms with van der Waals surface area (Å²) in [5, 5.41) is 6.32. The number of furan rings is 1. The average Bonchev–Trinajstić information content (AvgIpc) is 4.05. The molecule has 2 unspecified atom stereocenters. The van der Waals surface area contributed by atoms with Crippen LogP contribution in [0.2, 0.25) is 0 Å². The van der Waals surface area contributed by atoms with Gasteiger partial charge in [-0.25, -0.2) is 9.97 Å². The summed E-state index contributed by atoms with van der Waals surface area (Å²) in [5.74, 6) is 1.22. The monoisotopic (exact) mass is 722 g/mol. The number of imidazole rings is 1. The second kappa shape index (κ2) is 11.8. The molecule has 0 saturated carbocycles. The highest BCUT2D eigenvalue weighted by atomic mass is 32.1. The van der Waals surface area contributed by atoms with Crippen molar-refractivity contribution in [2.75, 3.05) is 0 Å². The quantitative estimate of drug-likeness (QED) is 0.132. The Labute approximate surface area is 311 Å². The molecular weight excluding hydrogens is 693 g/mol. The number of nitrogens with one attached hydrogen (secondary N) is 4. The molecule has 7 nitrogen and oxygen atoms in total. The zero-order valence-electron chi connectivity index (χ0n) is 28.1. The molecule has 0 saturated heterocycles. The van der Waals surface area contributed by atoms with E-state index in [4.69, 9.17) is 14.4 Å². The Kier molecular flexibility index (Phi) is 6.74. The molecule has 2 atom stereocenters. The van der Waals surface area contributed by atoms with E-state index in [0.29, 0.717) is 0 Å². The van der Waals surface area contributed by atoms with Crippen molar-refractivity contribution in [1.82, 2.24) is 29.9 Å². The van der Waals surface area contributed by atoms with Gasteiger partial charge in [-0.05, 0) is 71.6 Å². The fraction of sp³-hybridized carbons (Fsp3) is 0.0455. The van der Waals surface area contributed by atoms with Gasteiger partial charge in [-0.2, -0.15) is 0 Å². The number of rotatable bonds is 7. The lowest BCUT2D eigenvalue weighted by atomic mass is 9.57. The van der Waals surface area contributed by atoms with Gasteiger partial charge in [0.05, 0.1) is 5.92 Å². The van der Waals surface area contributed by atoms with Gasteiger partial charge in [-0.1, -0.05) is 54.6 Å². The van der Waals surface area contributed by atoms with E-state index in [0.717, 1.165) is 82.7 Å². The topological polar surface area (TPSA) is 102 Å². The second-order valence-electron chi connectivity index (χ2n) is 13.3. The van der Waals surface area contributed by atoms with Crippen molar-refractivity contribution in [3.63, 3.8) is 0 Å². The van der Waals surface area contributed by atoms with Gasteiger partial charge < -0.3 is 24.4 Å². The minimum atomic E-state index is -0.956. The molecule has 53 heavy (non-hydrogen) atoms. The highest BCUT2D eigenvalue weighted by molar-refractivity contribution is 7.19. The fourth-order valence-electron chi connectivity index (χ4n) is 8.41. The van der Waals surface area contributed by atoms with Crippen LogP contribution < -0.4 is 0 Å². The van der Waals surface area contributed by atoms with Gasteiger partial charge in [-0.15, -0.1) is 22.7 Å². The zero-order valence-corrected chi connectivity index (χ0v) is 29.8. The number of fused-ring (bicyclic) bond motifs is 3. The maximum absolute atomic E-state index is 7.06. The van der Waals surface area contributed by atoms with Gasteiger partial charge in [-0.3, -0.25) is 0 Å². The number of para-hydroxylation sites is 2. The molecule has 0 aliphatic heterocycles. The molecule has 0 amide bonds. The summed E-state index contributed by atoms with van der Waals surface area (Å²) < 4.78 is 8.26. The molecule has 7 aromatic heterocycles. The van der Waals surface area contributed by atoms with Crippen molar-refractivity contribution in [2.24, 2.45) is 0 Å². The highest BCUT2D eigenvalue weighted by Crippen LogP contribution is 2.66. The summed E-state index contributed by atoms with van der Waals surface area (Å²) in [6, 6.07) is 40.7. The van der Waals surface area contributed by atoms with E-state index in [1.165, 1.54) is 10.1 Å². The lowest BCUT2D eigenvalue weighted by molar-refractivity contribution is 0.464. The summed E-state index contributed by atoms with van der Waals surface area (Å²) in [7, 11) is 0. The average molecular weight is 723 g/mol. The number of nitrogens with zero attached hydrogens (tertiary/aromatic N) is 2. The van der Waals surface area contributed by atoms with Crippen molar-refractivity contribution in [3.8, 4) is 0 Å². The van der Waals surface area contributed by atoms with Gasteiger partial charge in [0.25, 0.3) is 0 Å². The molecule has 7 heterocycles. The summed E-state index contributed by atoms with van der Waals surface area (Å²) in [5.41, 5.74) is 8.14. The van der Waals surface area contributed by atoms with Crippen LogP contribution in [0.15, 0.2) is 156 Å². The lowest BCUT2D eigenvalue weighted by Gasteiger charge is -2.45. The van der Waals surface area contributed by atoms with Crippen LogP contribution in [0.25, 0.3) is 54.3 Å². The van der Waals surface area contributed by atoms with Gasteiger partial charge in [0.1, 0.15) is 27.6 Å². The van der Waals surface area contributed by atoms with E-state index in [9.17, 15) is 0 Å². The van der Waals surface area contributed by atoms with E-state index >= 15 is 0 Å². The third-order valence-electron chi connectivity index (χ3n) is 10.5. The van der Waals surface area contributed by atoms with Crippen molar-refractivity contribution in [3.05, 3.63) is 190 Å². The van der Waals surface area contributed by atoms with Gasteiger partial charge in [0.2, 0.25) is 0 Å². The smallest absolute Gasteiger partial charge is 0.134 e. The summed E-state index contributed by atoms with van der Waals surface area (Å²) in [6.45, 7) is 0. The maximum atomic E-state index is 7.06. The molecule has 4 N–H and O–H groups in total. The van der Waals surface area contributed by atoms with E-state index in [1.54, 1.807) is 22.7 Å². The highest BCUT2D eigenvalue weighted by Gasteiger charge is 2.58. The Balaban J connectivity index is 1.41. The molecule has 0 radical (unpaired) electrons. The number of allylic oxidation sites excluding steroid dienone is 4. The fourth-order valence-corrected chi connectivity index (χ4v) is 10.5. The van der Waals surface area contributed by atoms with Gasteiger partial charge >= 0.3 is 0 Å². The van der Waals surface area contributed by atoms with Crippen LogP contribution in [-0.2, 0) is 5.41 Å². The molecular formula is C44H30N6OS2. The van der Waals surface area contributed by atoms with E-state index in [1.807, 2.05) is 43.1 Å². The number of thiazole rings is 1. The molecule has 0 fully saturated rings. The van der Waals surface area contributed by atoms with Crippen LogP contribution in [0.5, 0.6) is 0 Å². The standard InChI is InChI=1S/C44H30N6OS2/c1-4-12-29-26(9-1)23-32(50-29)39-37(30-13-7-17-45-30)38(31-14-8-18-46-31)40(34-24-27-10-2-5-15-33(27)51-34)44(43-48-19-20-49-43,41(39)42-47-21-22-52-42)36-25-28-11-3-6-16-35(28)53-36/h1-25,40,45-46,50H,(H,48,49). The molecule has 0 bridgehead atoms. The first-order chi connectivity index (χ1) is 26.3. The van der Waals surface area contributed by atoms with Crippen LogP contribution in [0, 0.1) is 0 Å². The SMILES string of the molecule is c1c[nH]c(C2=C(c3ccc[nH]3)C(c3cc4ccccc4o3)C(c3ncc[nH]3)(c3cc4ccccc4s3)C(c3nccs3)=C2c2cc3ccccc3[nH]2)c1. The van der Waals surface area contributed by atoms with E-state index < -0.39 is 11.3 Å². The number of H-pyrrole nitrogens is 4. The number of thiophene rings is 1. The second-order valence-corrected chi connectivity index (χ2v) is 15.3. The molecule has 3 aromatic carbocycles. The van der Waals surface area contributed by atoms with Crippen LogP contribution in [0.3, 0.4) is 0 Å². The van der Waals surface area contributed by atoms with Crippen LogP contribution in [0.1, 0.15) is 44.5 Å². The predicted molar refractivity (Wildman–Crippen MR) is 216 cm³/mol. The van der Waals surface area contributed by atoms with Crippen molar-refractivity contribution in [1.29, 1.82) is 0 Å². The number of aromatic nitrogens is 6. The molecule has 9 heteroatoms. The van der Waals surface area contributed by atoms with E-state index in [-0.39, 0.29) is 0 Å². The van der Waals surface area contributed by atoms with Crippen molar-refractivity contribution >= 4 is 76.9 Å².